The van der Waals surface area contributed by atoms with Crippen molar-refractivity contribution in [2.45, 2.75) is 51.6 Å². The first kappa shape index (κ1) is 13.2. The Bertz CT molecular complexity index is 399. The van der Waals surface area contributed by atoms with Crippen LogP contribution >= 0.6 is 0 Å². The minimum Gasteiger partial charge on any atom is -0.367 e. The molecule has 18 heavy (non-hydrogen) atoms. The zero-order valence-corrected chi connectivity index (χ0v) is 11.2. The number of rotatable bonds is 4. The predicted molar refractivity (Wildman–Crippen MR) is 70.7 cm³/mol. The van der Waals surface area contributed by atoms with Crippen molar-refractivity contribution in [2.75, 3.05) is 6.61 Å². The lowest BCUT2D eigenvalue weighted by molar-refractivity contribution is -0.0411. The van der Waals surface area contributed by atoms with E-state index in [2.05, 4.69) is 4.98 Å². The van der Waals surface area contributed by atoms with Gasteiger partial charge in [-0.3, -0.25) is 9.78 Å². The van der Waals surface area contributed by atoms with Crippen molar-refractivity contribution in [2.24, 2.45) is 0 Å². The number of hydrogen-bond acceptors (Lipinski definition) is 3. The Labute approximate surface area is 109 Å². The van der Waals surface area contributed by atoms with Crippen LogP contribution in [0.1, 0.15) is 55.1 Å². The van der Waals surface area contributed by atoms with Crippen LogP contribution in [0.15, 0.2) is 18.3 Å². The highest BCUT2D eigenvalue weighted by atomic mass is 16.5. The van der Waals surface area contributed by atoms with Gasteiger partial charge in [0.2, 0.25) is 0 Å². The summed E-state index contributed by atoms with van der Waals surface area (Å²) in [6.45, 7) is 4.47. The van der Waals surface area contributed by atoms with E-state index in [1.165, 1.54) is 6.42 Å². The molecule has 0 atom stereocenters. The molecule has 0 amide bonds. The molecule has 0 unspecified atom stereocenters. The first-order valence-corrected chi connectivity index (χ1v) is 6.79. The second-order valence-corrected chi connectivity index (χ2v) is 5.01. The summed E-state index contributed by atoms with van der Waals surface area (Å²) < 4.78 is 5.84. The molecule has 3 heteroatoms. The Kier molecular flexibility index (Phi) is 4.12. The van der Waals surface area contributed by atoms with Gasteiger partial charge >= 0.3 is 0 Å². The molecular formula is C15H21NO2. The number of ether oxygens (including phenoxy) is 1. The van der Waals surface area contributed by atoms with Gasteiger partial charge in [0, 0.05) is 24.1 Å². The zero-order chi connectivity index (χ0) is 13.0. The first-order valence-electron chi connectivity index (χ1n) is 6.79. The third-order valence-electron chi connectivity index (χ3n) is 3.67. The number of ketones is 1. The van der Waals surface area contributed by atoms with Crippen LogP contribution < -0.4 is 0 Å². The van der Waals surface area contributed by atoms with Crippen LogP contribution in [0.3, 0.4) is 0 Å². The molecular weight excluding hydrogens is 226 g/mol. The van der Waals surface area contributed by atoms with Crippen molar-refractivity contribution >= 4 is 5.78 Å². The van der Waals surface area contributed by atoms with Gasteiger partial charge in [0.05, 0.1) is 0 Å². The number of pyridine rings is 1. The van der Waals surface area contributed by atoms with Crippen molar-refractivity contribution in [3.63, 3.8) is 0 Å². The average molecular weight is 247 g/mol. The van der Waals surface area contributed by atoms with E-state index in [-0.39, 0.29) is 5.78 Å². The fraction of sp³-hybridized carbons (Fsp3) is 0.600. The summed E-state index contributed by atoms with van der Waals surface area (Å²) in [7, 11) is 0. The maximum atomic E-state index is 12.7. The van der Waals surface area contributed by atoms with E-state index in [4.69, 9.17) is 4.74 Å². The fourth-order valence-corrected chi connectivity index (χ4v) is 2.70. The molecule has 0 aliphatic heterocycles. The highest BCUT2D eigenvalue weighted by Gasteiger charge is 2.40. The van der Waals surface area contributed by atoms with Crippen LogP contribution in [0, 0.1) is 6.92 Å². The molecule has 1 aromatic heterocycles. The van der Waals surface area contributed by atoms with Crippen LogP contribution in [0.4, 0.5) is 0 Å². The maximum absolute atomic E-state index is 12.7. The highest BCUT2D eigenvalue weighted by Crippen LogP contribution is 2.34. The Balaban J connectivity index is 2.24. The molecule has 2 rings (SSSR count). The number of hydrogen-bond donors (Lipinski definition) is 0. The molecule has 0 N–H and O–H groups in total. The topological polar surface area (TPSA) is 39.2 Å². The van der Waals surface area contributed by atoms with Gasteiger partial charge in [-0.05, 0) is 38.8 Å². The number of Topliss-reactive ketones (excluding diaryl/α,β-unsaturated/α-hetero) is 1. The molecule has 0 bridgehead atoms. The van der Waals surface area contributed by atoms with E-state index in [1.54, 1.807) is 6.20 Å². The summed E-state index contributed by atoms with van der Waals surface area (Å²) in [5.74, 6) is 0.108. The van der Waals surface area contributed by atoms with Crippen LogP contribution in [0.5, 0.6) is 0 Å². The molecule has 1 aliphatic carbocycles. The van der Waals surface area contributed by atoms with E-state index in [1.807, 2.05) is 26.0 Å². The van der Waals surface area contributed by atoms with Crippen LogP contribution in [0.2, 0.25) is 0 Å². The lowest BCUT2D eigenvalue weighted by atomic mass is 9.79. The quantitative estimate of drug-likeness (QED) is 0.766. The summed E-state index contributed by atoms with van der Waals surface area (Å²) in [6.07, 6.45) is 6.71. The molecule has 0 saturated heterocycles. The van der Waals surface area contributed by atoms with E-state index < -0.39 is 5.60 Å². The second kappa shape index (κ2) is 5.61. The van der Waals surface area contributed by atoms with E-state index in [0.29, 0.717) is 12.2 Å². The number of nitrogens with zero attached hydrogens (tertiary/aromatic N) is 1. The standard InChI is InChI=1S/C15H21NO2/c1-3-18-15(9-5-4-6-10-15)14(17)13-8-7-12(2)16-11-13/h7-8,11H,3-6,9-10H2,1-2H3. The van der Waals surface area contributed by atoms with Crippen LogP contribution in [0.25, 0.3) is 0 Å². The molecule has 98 valence electrons. The Morgan fingerprint density at radius 3 is 2.61 bits per heavy atom. The van der Waals surface area contributed by atoms with Gasteiger partial charge in [0.1, 0.15) is 5.60 Å². The summed E-state index contributed by atoms with van der Waals surface area (Å²) in [6, 6.07) is 3.75. The van der Waals surface area contributed by atoms with E-state index >= 15 is 0 Å². The number of carbonyl (C=O) groups excluding carboxylic acids is 1. The third-order valence-corrected chi connectivity index (χ3v) is 3.67. The highest BCUT2D eigenvalue weighted by molar-refractivity contribution is 6.02. The SMILES string of the molecule is CCOC1(C(=O)c2ccc(C)nc2)CCCCC1. The van der Waals surface area contributed by atoms with E-state index in [9.17, 15) is 4.79 Å². The normalized spacial score (nSPS) is 18.6. The monoisotopic (exact) mass is 247 g/mol. The van der Waals surface area contributed by atoms with Gasteiger partial charge < -0.3 is 4.74 Å². The van der Waals surface area contributed by atoms with Gasteiger partial charge in [-0.1, -0.05) is 19.3 Å². The van der Waals surface area contributed by atoms with Gasteiger partial charge in [-0.15, -0.1) is 0 Å². The lowest BCUT2D eigenvalue weighted by Gasteiger charge is -2.35. The minimum atomic E-state index is -0.593. The number of aryl methyl sites for hydroxylation is 1. The van der Waals surface area contributed by atoms with Gasteiger partial charge in [-0.25, -0.2) is 0 Å². The zero-order valence-electron chi connectivity index (χ0n) is 11.2. The second-order valence-electron chi connectivity index (χ2n) is 5.01. The molecule has 0 aromatic carbocycles. The van der Waals surface area contributed by atoms with E-state index in [0.717, 1.165) is 31.4 Å². The summed E-state index contributed by atoms with van der Waals surface area (Å²) in [5, 5.41) is 0. The van der Waals surface area contributed by atoms with Crippen LogP contribution in [-0.2, 0) is 4.74 Å². The minimum absolute atomic E-state index is 0.108. The maximum Gasteiger partial charge on any atom is 0.196 e. The van der Waals surface area contributed by atoms with Crippen molar-refractivity contribution < 1.29 is 9.53 Å². The smallest absolute Gasteiger partial charge is 0.196 e. The molecule has 1 fully saturated rings. The van der Waals surface area contributed by atoms with Gasteiger partial charge in [0.25, 0.3) is 0 Å². The Morgan fingerprint density at radius 2 is 2.06 bits per heavy atom. The molecule has 0 radical (unpaired) electrons. The molecule has 1 aromatic rings. The van der Waals surface area contributed by atoms with Crippen LogP contribution in [-0.4, -0.2) is 23.0 Å². The first-order chi connectivity index (χ1) is 8.68. The molecule has 1 saturated carbocycles. The molecule has 1 heterocycles. The van der Waals surface area contributed by atoms with Crippen molar-refractivity contribution in [3.8, 4) is 0 Å². The van der Waals surface area contributed by atoms with Crippen molar-refractivity contribution in [3.05, 3.63) is 29.6 Å². The molecule has 3 nitrogen and oxygen atoms in total. The predicted octanol–water partition coefficient (Wildman–Crippen LogP) is 3.31. The fourth-order valence-electron chi connectivity index (χ4n) is 2.70. The summed E-state index contributed by atoms with van der Waals surface area (Å²) in [5.41, 5.74) is 1.01. The third kappa shape index (κ3) is 2.61. The van der Waals surface area contributed by atoms with Crippen molar-refractivity contribution in [1.82, 2.24) is 4.98 Å². The lowest BCUT2D eigenvalue weighted by Crippen LogP contribution is -2.43. The number of carbonyl (C=O) groups is 1. The van der Waals surface area contributed by atoms with Gasteiger partial charge in [-0.2, -0.15) is 0 Å². The molecule has 0 spiro atoms. The number of aromatic nitrogens is 1. The molecule has 1 aliphatic rings. The summed E-state index contributed by atoms with van der Waals surface area (Å²) in [4.78, 5) is 16.9. The van der Waals surface area contributed by atoms with Crippen molar-refractivity contribution in [1.29, 1.82) is 0 Å². The Hall–Kier alpha value is -1.22. The summed E-state index contributed by atoms with van der Waals surface area (Å²) >= 11 is 0. The average Bonchev–Trinajstić information content (AvgIpc) is 2.40. The van der Waals surface area contributed by atoms with Gasteiger partial charge in [0.15, 0.2) is 5.78 Å². The Morgan fingerprint density at radius 1 is 1.33 bits per heavy atom. The largest absolute Gasteiger partial charge is 0.367 e.